The van der Waals surface area contributed by atoms with Crippen molar-refractivity contribution in [2.75, 3.05) is 0 Å². The van der Waals surface area contributed by atoms with Crippen molar-refractivity contribution in [2.24, 2.45) is 0 Å². The number of benzene rings is 1. The summed E-state index contributed by atoms with van der Waals surface area (Å²) in [4.78, 5) is 35.7. The van der Waals surface area contributed by atoms with Gasteiger partial charge in [0.25, 0.3) is 0 Å². The molecule has 148 valence electrons. The molecule has 7 nitrogen and oxygen atoms in total. The summed E-state index contributed by atoms with van der Waals surface area (Å²) in [5.41, 5.74) is -0.142. The molecule has 2 aromatic rings. The van der Waals surface area contributed by atoms with Gasteiger partial charge in [-0.15, -0.1) is 0 Å². The van der Waals surface area contributed by atoms with Crippen LogP contribution < -0.4 is 10.4 Å². The van der Waals surface area contributed by atoms with Crippen LogP contribution >= 0.6 is 0 Å². The molecule has 7 heteroatoms. The molecule has 0 spiro atoms. The van der Waals surface area contributed by atoms with E-state index in [1.807, 2.05) is 0 Å². The fourth-order valence-corrected chi connectivity index (χ4v) is 3.25. The van der Waals surface area contributed by atoms with Crippen molar-refractivity contribution >= 4 is 22.9 Å². The zero-order chi connectivity index (χ0) is 20.6. The van der Waals surface area contributed by atoms with Gasteiger partial charge in [-0.05, 0) is 45.9 Å². The normalized spacial score (nSPS) is 18.2. The average molecular weight is 386 g/mol. The Morgan fingerprint density at radius 3 is 2.43 bits per heavy atom. The lowest BCUT2D eigenvalue weighted by Crippen LogP contribution is -2.46. The molecule has 3 rings (SSSR count). The fourth-order valence-electron chi connectivity index (χ4n) is 3.25. The first-order valence-electron chi connectivity index (χ1n) is 8.87. The van der Waals surface area contributed by atoms with Gasteiger partial charge in [-0.25, -0.2) is 9.59 Å². The van der Waals surface area contributed by atoms with E-state index < -0.39 is 35.4 Å². The monoisotopic (exact) mass is 386 g/mol. The van der Waals surface area contributed by atoms with Gasteiger partial charge in [-0.3, -0.25) is 4.79 Å². The highest BCUT2D eigenvalue weighted by Gasteiger charge is 2.49. The fraction of sp³-hybridized carbons (Fsp3) is 0.381. The molecule has 1 aromatic carbocycles. The van der Waals surface area contributed by atoms with E-state index in [2.05, 4.69) is 0 Å². The molecule has 1 aromatic heterocycles. The van der Waals surface area contributed by atoms with Crippen LogP contribution in [-0.4, -0.2) is 23.6 Å². The Labute approximate surface area is 161 Å². The van der Waals surface area contributed by atoms with Crippen LogP contribution in [0.4, 0.5) is 0 Å². The van der Waals surface area contributed by atoms with Crippen LogP contribution in [0.2, 0.25) is 0 Å². The van der Waals surface area contributed by atoms with Gasteiger partial charge < -0.3 is 18.6 Å². The van der Waals surface area contributed by atoms with Gasteiger partial charge in [0.1, 0.15) is 16.9 Å². The van der Waals surface area contributed by atoms with E-state index in [-0.39, 0.29) is 5.58 Å². The molecular weight excluding hydrogens is 364 g/mol. The second-order valence-electron chi connectivity index (χ2n) is 7.46. The van der Waals surface area contributed by atoms with E-state index in [4.69, 9.17) is 18.6 Å². The third-order valence-corrected chi connectivity index (χ3v) is 4.35. The van der Waals surface area contributed by atoms with E-state index in [0.717, 1.165) is 5.57 Å². The van der Waals surface area contributed by atoms with E-state index in [0.29, 0.717) is 16.7 Å². The van der Waals surface area contributed by atoms with Gasteiger partial charge in [-0.1, -0.05) is 5.57 Å². The van der Waals surface area contributed by atoms with E-state index in [9.17, 15) is 14.4 Å². The van der Waals surface area contributed by atoms with Crippen LogP contribution in [0, 0.1) is 0 Å². The maximum atomic E-state index is 12.2. The average Bonchev–Trinajstić information content (AvgIpc) is 2.92. The lowest BCUT2D eigenvalue weighted by molar-refractivity contribution is -0.172. The molecule has 1 aliphatic heterocycles. The second-order valence-corrected chi connectivity index (χ2v) is 7.46. The summed E-state index contributed by atoms with van der Waals surface area (Å²) < 4.78 is 22.5. The summed E-state index contributed by atoms with van der Waals surface area (Å²) in [6, 6.07) is 6.39. The molecule has 2 atom stereocenters. The van der Waals surface area contributed by atoms with Crippen molar-refractivity contribution in [1.29, 1.82) is 0 Å². The lowest BCUT2D eigenvalue weighted by atomic mass is 9.93. The molecule has 2 heterocycles. The Hall–Kier alpha value is -3.09. The zero-order valence-corrected chi connectivity index (χ0v) is 16.4. The highest BCUT2D eigenvalue weighted by Crippen LogP contribution is 2.47. The van der Waals surface area contributed by atoms with Crippen LogP contribution in [0.1, 0.15) is 46.3 Å². The minimum Gasteiger partial charge on any atom is -0.481 e. The molecule has 0 amide bonds. The van der Waals surface area contributed by atoms with Gasteiger partial charge >= 0.3 is 17.6 Å². The van der Waals surface area contributed by atoms with Crippen LogP contribution in [0.3, 0.4) is 0 Å². The van der Waals surface area contributed by atoms with Crippen molar-refractivity contribution in [1.82, 2.24) is 0 Å². The van der Waals surface area contributed by atoms with Gasteiger partial charge in [0.15, 0.2) is 12.2 Å². The highest BCUT2D eigenvalue weighted by molar-refractivity contribution is 5.84. The SMILES string of the molecule is CC(=O)O[C@H]1c2c(ccc3ccc(=O)oc23)O[C@H]1C(C)(C)OC(=O)C=C(C)C. The van der Waals surface area contributed by atoms with Gasteiger partial charge in [0.05, 0.1) is 5.56 Å². The maximum absolute atomic E-state index is 12.2. The molecule has 0 fully saturated rings. The molecule has 0 saturated carbocycles. The summed E-state index contributed by atoms with van der Waals surface area (Å²) >= 11 is 0. The van der Waals surface area contributed by atoms with Crippen LogP contribution in [0.5, 0.6) is 5.75 Å². The molecule has 0 N–H and O–H groups in total. The van der Waals surface area contributed by atoms with Gasteiger partial charge in [0.2, 0.25) is 0 Å². The van der Waals surface area contributed by atoms with Crippen LogP contribution in [-0.2, 0) is 19.1 Å². The van der Waals surface area contributed by atoms with Crippen molar-refractivity contribution in [3.63, 3.8) is 0 Å². The number of carbonyl (C=O) groups is 2. The smallest absolute Gasteiger partial charge is 0.336 e. The molecule has 1 aliphatic rings. The summed E-state index contributed by atoms with van der Waals surface area (Å²) in [6.07, 6.45) is -0.354. The first kappa shape index (κ1) is 19.7. The Morgan fingerprint density at radius 2 is 1.79 bits per heavy atom. The molecule has 0 bridgehead atoms. The quantitative estimate of drug-likeness (QED) is 0.451. The number of allylic oxidation sites excluding steroid dienone is 1. The van der Waals surface area contributed by atoms with Crippen molar-refractivity contribution in [3.05, 3.63) is 51.9 Å². The van der Waals surface area contributed by atoms with E-state index in [1.54, 1.807) is 45.9 Å². The number of fused-ring (bicyclic) bond motifs is 3. The van der Waals surface area contributed by atoms with E-state index in [1.165, 1.54) is 19.1 Å². The van der Waals surface area contributed by atoms with Crippen LogP contribution in [0.25, 0.3) is 11.0 Å². The number of rotatable bonds is 4. The first-order valence-corrected chi connectivity index (χ1v) is 8.87. The minimum atomic E-state index is -1.14. The predicted octanol–water partition coefficient (Wildman–Crippen LogP) is 3.45. The largest absolute Gasteiger partial charge is 0.481 e. The van der Waals surface area contributed by atoms with Crippen molar-refractivity contribution in [3.8, 4) is 5.75 Å². The molecule has 0 unspecified atom stereocenters. The molecule has 0 saturated heterocycles. The van der Waals surface area contributed by atoms with Gasteiger partial charge in [0, 0.05) is 24.5 Å². The Bertz CT molecular complexity index is 1020. The molecular formula is C21H22O7. The molecule has 28 heavy (non-hydrogen) atoms. The summed E-state index contributed by atoms with van der Waals surface area (Å²) in [6.45, 7) is 8.20. The summed E-state index contributed by atoms with van der Waals surface area (Å²) in [5.74, 6) is -0.653. The Balaban J connectivity index is 2.07. The second kappa shape index (κ2) is 7.14. The summed E-state index contributed by atoms with van der Waals surface area (Å²) in [7, 11) is 0. The Kier molecular flexibility index (Phi) is 5.02. The zero-order valence-electron chi connectivity index (χ0n) is 16.4. The third kappa shape index (κ3) is 3.78. The topological polar surface area (TPSA) is 92.0 Å². The molecule has 0 aliphatic carbocycles. The number of hydrogen-bond acceptors (Lipinski definition) is 7. The summed E-state index contributed by atoms with van der Waals surface area (Å²) in [5, 5.41) is 0.666. The first-order chi connectivity index (χ1) is 13.1. The third-order valence-electron chi connectivity index (χ3n) is 4.35. The van der Waals surface area contributed by atoms with Crippen molar-refractivity contribution in [2.45, 2.75) is 52.4 Å². The number of hydrogen-bond donors (Lipinski definition) is 0. The highest BCUT2D eigenvalue weighted by atomic mass is 16.6. The van der Waals surface area contributed by atoms with Gasteiger partial charge in [-0.2, -0.15) is 0 Å². The Morgan fingerprint density at radius 1 is 1.11 bits per heavy atom. The minimum absolute atomic E-state index is 0.283. The number of carbonyl (C=O) groups excluding carboxylic acids is 2. The van der Waals surface area contributed by atoms with E-state index >= 15 is 0 Å². The number of esters is 2. The van der Waals surface area contributed by atoms with Crippen molar-refractivity contribution < 1.29 is 28.2 Å². The van der Waals surface area contributed by atoms with Crippen LogP contribution in [0.15, 0.2) is 45.1 Å². The standard InChI is InChI=1S/C21H22O7/c1-11(2)10-16(24)28-21(4,5)20-19(25-12(3)22)17-14(26-20)8-6-13-7-9-15(23)27-18(13)17/h6-10,19-20H,1-5H3/t19-,20+/m0/s1. The molecule has 0 radical (unpaired) electrons. The lowest BCUT2D eigenvalue weighted by Gasteiger charge is -2.33. The maximum Gasteiger partial charge on any atom is 0.336 e. The number of ether oxygens (including phenoxy) is 3. The predicted molar refractivity (Wildman–Crippen MR) is 101 cm³/mol.